The van der Waals surface area contributed by atoms with Crippen LogP contribution >= 0.6 is 0 Å². The highest BCUT2D eigenvalue weighted by Crippen LogP contribution is 2.19. The molecule has 0 atom stereocenters. The molecule has 2 rings (SSSR count). The zero-order valence-electron chi connectivity index (χ0n) is 15.7. The Balaban J connectivity index is 1.87. The molecule has 4 nitrogen and oxygen atoms in total. The van der Waals surface area contributed by atoms with Gasteiger partial charge < -0.3 is 10.2 Å². The van der Waals surface area contributed by atoms with Crippen molar-refractivity contribution >= 4 is 17.3 Å². The van der Waals surface area contributed by atoms with Crippen molar-refractivity contribution in [3.63, 3.8) is 0 Å². The molecule has 1 amide bonds. The number of benzene rings is 2. The van der Waals surface area contributed by atoms with Crippen LogP contribution in [0, 0.1) is 0 Å². The van der Waals surface area contributed by atoms with Crippen molar-refractivity contribution in [3.8, 4) is 0 Å². The monoisotopic (exact) mass is 339 g/mol. The molecule has 0 aliphatic carbocycles. The summed E-state index contributed by atoms with van der Waals surface area (Å²) in [6.45, 7) is 8.60. The van der Waals surface area contributed by atoms with Gasteiger partial charge in [-0.1, -0.05) is 30.3 Å². The molecular weight excluding hydrogens is 310 g/mol. The van der Waals surface area contributed by atoms with Crippen molar-refractivity contribution < 1.29 is 4.79 Å². The maximum Gasteiger partial charge on any atom is 0.238 e. The van der Waals surface area contributed by atoms with Crippen LogP contribution in [0.4, 0.5) is 11.4 Å². The number of hydrogen-bond acceptors (Lipinski definition) is 3. The van der Waals surface area contributed by atoms with Crippen molar-refractivity contribution in [2.24, 2.45) is 0 Å². The van der Waals surface area contributed by atoms with Crippen LogP contribution in [-0.4, -0.2) is 37.0 Å². The molecule has 0 aromatic heterocycles. The number of amides is 1. The molecule has 25 heavy (non-hydrogen) atoms. The van der Waals surface area contributed by atoms with E-state index in [0.717, 1.165) is 18.8 Å². The molecule has 0 aliphatic rings. The molecule has 0 bridgehead atoms. The van der Waals surface area contributed by atoms with E-state index in [1.54, 1.807) is 0 Å². The molecule has 0 unspecified atom stereocenters. The average molecular weight is 339 g/mol. The summed E-state index contributed by atoms with van der Waals surface area (Å²) in [5.74, 6) is 0.00221. The SMILES string of the molecule is CCN(c1ccc(NC(=O)CN(C)Cc2ccccc2)cc1)C(C)C. The number of carbonyl (C=O) groups excluding carboxylic acids is 1. The smallest absolute Gasteiger partial charge is 0.238 e. The van der Waals surface area contributed by atoms with E-state index in [-0.39, 0.29) is 5.91 Å². The van der Waals surface area contributed by atoms with Crippen LogP contribution in [0.2, 0.25) is 0 Å². The summed E-state index contributed by atoms with van der Waals surface area (Å²) in [6.07, 6.45) is 0. The average Bonchev–Trinajstić information content (AvgIpc) is 2.57. The molecule has 0 radical (unpaired) electrons. The lowest BCUT2D eigenvalue weighted by Gasteiger charge is -2.27. The second kappa shape index (κ2) is 9.23. The fourth-order valence-corrected chi connectivity index (χ4v) is 2.98. The van der Waals surface area contributed by atoms with Crippen molar-refractivity contribution in [3.05, 3.63) is 60.2 Å². The molecule has 0 saturated carbocycles. The molecule has 0 saturated heterocycles. The highest BCUT2D eigenvalue weighted by atomic mass is 16.2. The molecule has 1 N–H and O–H groups in total. The van der Waals surface area contributed by atoms with Crippen LogP contribution in [0.15, 0.2) is 54.6 Å². The molecule has 0 fully saturated rings. The number of rotatable bonds is 8. The second-order valence-electron chi connectivity index (χ2n) is 6.63. The number of nitrogens with zero attached hydrogens (tertiary/aromatic N) is 2. The van der Waals surface area contributed by atoms with E-state index < -0.39 is 0 Å². The zero-order valence-corrected chi connectivity index (χ0v) is 15.7. The van der Waals surface area contributed by atoms with Gasteiger partial charge in [0, 0.05) is 30.5 Å². The van der Waals surface area contributed by atoms with Crippen LogP contribution in [0.5, 0.6) is 0 Å². The fourth-order valence-electron chi connectivity index (χ4n) is 2.98. The summed E-state index contributed by atoms with van der Waals surface area (Å²) in [4.78, 5) is 16.6. The zero-order chi connectivity index (χ0) is 18.2. The normalized spacial score (nSPS) is 11.0. The van der Waals surface area contributed by atoms with Crippen molar-refractivity contribution in [2.75, 3.05) is 30.4 Å². The summed E-state index contributed by atoms with van der Waals surface area (Å²) in [5.41, 5.74) is 3.22. The Kier molecular flexibility index (Phi) is 7.02. The molecule has 2 aromatic carbocycles. The van der Waals surface area contributed by atoms with E-state index in [2.05, 4.69) is 55.3 Å². The van der Waals surface area contributed by atoms with Gasteiger partial charge in [-0.25, -0.2) is 0 Å². The third-order valence-electron chi connectivity index (χ3n) is 4.16. The quantitative estimate of drug-likeness (QED) is 0.790. The van der Waals surface area contributed by atoms with Gasteiger partial charge in [0.1, 0.15) is 0 Å². The predicted octanol–water partition coefficient (Wildman–Crippen LogP) is 3.99. The minimum absolute atomic E-state index is 0.00221. The number of anilines is 2. The van der Waals surface area contributed by atoms with Gasteiger partial charge in [-0.05, 0) is 57.6 Å². The number of carbonyl (C=O) groups is 1. The largest absolute Gasteiger partial charge is 0.369 e. The van der Waals surface area contributed by atoms with E-state index in [0.29, 0.717) is 12.6 Å². The Labute approximate surface area is 151 Å². The molecular formula is C21H29N3O. The minimum atomic E-state index is 0.00221. The van der Waals surface area contributed by atoms with Crippen LogP contribution in [-0.2, 0) is 11.3 Å². The van der Waals surface area contributed by atoms with Gasteiger partial charge in [-0.2, -0.15) is 0 Å². The first-order valence-electron chi connectivity index (χ1n) is 8.88. The third-order valence-corrected chi connectivity index (χ3v) is 4.16. The lowest BCUT2D eigenvalue weighted by atomic mass is 10.2. The van der Waals surface area contributed by atoms with Crippen LogP contribution in [0.25, 0.3) is 0 Å². The van der Waals surface area contributed by atoms with Gasteiger partial charge >= 0.3 is 0 Å². The summed E-state index contributed by atoms with van der Waals surface area (Å²) >= 11 is 0. The molecule has 0 heterocycles. The Morgan fingerprint density at radius 2 is 1.68 bits per heavy atom. The Morgan fingerprint density at radius 1 is 1.04 bits per heavy atom. The number of nitrogens with one attached hydrogen (secondary N) is 1. The first-order chi connectivity index (χ1) is 12.0. The summed E-state index contributed by atoms with van der Waals surface area (Å²) < 4.78 is 0. The van der Waals surface area contributed by atoms with Gasteiger partial charge in [0.15, 0.2) is 0 Å². The van der Waals surface area contributed by atoms with E-state index in [1.165, 1.54) is 11.3 Å². The molecule has 0 spiro atoms. The van der Waals surface area contributed by atoms with Crippen molar-refractivity contribution in [1.82, 2.24) is 4.90 Å². The van der Waals surface area contributed by atoms with Gasteiger partial charge in [0.2, 0.25) is 5.91 Å². The van der Waals surface area contributed by atoms with Crippen LogP contribution < -0.4 is 10.2 Å². The van der Waals surface area contributed by atoms with Crippen LogP contribution in [0.1, 0.15) is 26.3 Å². The Bertz CT molecular complexity index is 653. The predicted molar refractivity (Wildman–Crippen MR) is 106 cm³/mol. The minimum Gasteiger partial charge on any atom is -0.369 e. The van der Waals surface area contributed by atoms with Gasteiger partial charge in [0.05, 0.1) is 6.54 Å². The molecule has 134 valence electrons. The maximum atomic E-state index is 12.2. The lowest BCUT2D eigenvalue weighted by Crippen LogP contribution is -2.30. The van der Waals surface area contributed by atoms with Crippen molar-refractivity contribution in [2.45, 2.75) is 33.4 Å². The van der Waals surface area contributed by atoms with Crippen molar-refractivity contribution in [1.29, 1.82) is 0 Å². The highest BCUT2D eigenvalue weighted by Gasteiger charge is 2.10. The first kappa shape index (κ1) is 19.0. The topological polar surface area (TPSA) is 35.6 Å². The lowest BCUT2D eigenvalue weighted by molar-refractivity contribution is -0.117. The fraction of sp³-hybridized carbons (Fsp3) is 0.381. The van der Waals surface area contributed by atoms with E-state index in [1.807, 2.05) is 42.3 Å². The second-order valence-corrected chi connectivity index (χ2v) is 6.63. The van der Waals surface area contributed by atoms with Gasteiger partial charge in [0.25, 0.3) is 0 Å². The maximum absolute atomic E-state index is 12.2. The Hall–Kier alpha value is -2.33. The molecule has 0 aliphatic heterocycles. The summed E-state index contributed by atoms with van der Waals surface area (Å²) in [7, 11) is 1.96. The Morgan fingerprint density at radius 3 is 2.24 bits per heavy atom. The molecule has 4 heteroatoms. The van der Waals surface area contributed by atoms with Gasteiger partial charge in [-0.15, -0.1) is 0 Å². The van der Waals surface area contributed by atoms with Crippen LogP contribution in [0.3, 0.4) is 0 Å². The number of hydrogen-bond donors (Lipinski definition) is 1. The summed E-state index contributed by atoms with van der Waals surface area (Å²) in [5, 5.41) is 2.97. The molecule has 2 aromatic rings. The highest BCUT2D eigenvalue weighted by molar-refractivity contribution is 5.92. The van der Waals surface area contributed by atoms with E-state index in [4.69, 9.17) is 0 Å². The first-order valence-corrected chi connectivity index (χ1v) is 8.88. The third kappa shape index (κ3) is 5.91. The van der Waals surface area contributed by atoms with Gasteiger partial charge in [-0.3, -0.25) is 9.69 Å². The van der Waals surface area contributed by atoms with E-state index >= 15 is 0 Å². The number of likely N-dealkylation sites (N-methyl/N-ethyl adjacent to an activating group) is 1. The standard InChI is InChI=1S/C21H29N3O/c1-5-24(17(2)3)20-13-11-19(12-14-20)22-21(25)16-23(4)15-18-9-7-6-8-10-18/h6-14,17H,5,15-16H2,1-4H3,(H,22,25). The summed E-state index contributed by atoms with van der Waals surface area (Å²) in [6, 6.07) is 18.7. The van der Waals surface area contributed by atoms with E-state index in [9.17, 15) is 4.79 Å².